The molecule has 6 heteroatoms. The molecule has 1 fully saturated rings. The minimum Gasteiger partial charge on any atom is -0.497 e. The first kappa shape index (κ1) is 15.8. The van der Waals surface area contributed by atoms with Crippen molar-refractivity contribution >= 4 is 22.9 Å². The van der Waals surface area contributed by atoms with Crippen LogP contribution in [-0.2, 0) is 11.3 Å². The molecule has 1 atom stereocenters. The summed E-state index contributed by atoms with van der Waals surface area (Å²) < 4.78 is 10.6. The van der Waals surface area contributed by atoms with E-state index >= 15 is 0 Å². The molecular weight excluding hydrogens is 312 g/mol. The number of carbonyl (C=O) groups is 1. The molecule has 1 amide bonds. The lowest BCUT2D eigenvalue weighted by Gasteiger charge is -2.19. The Hall–Kier alpha value is -2.05. The third-order valence-corrected chi connectivity index (χ3v) is 4.83. The van der Waals surface area contributed by atoms with Crippen LogP contribution in [0, 0.1) is 0 Å². The Morgan fingerprint density at radius 3 is 2.61 bits per heavy atom. The predicted octanol–water partition coefficient (Wildman–Crippen LogP) is 2.66. The van der Waals surface area contributed by atoms with Crippen molar-refractivity contribution in [2.75, 3.05) is 25.7 Å². The third kappa shape index (κ3) is 3.48. The van der Waals surface area contributed by atoms with Crippen LogP contribution in [0.2, 0.25) is 0 Å². The number of carbonyl (C=O) groups excluding carboxylic acids is 1. The van der Waals surface area contributed by atoms with Crippen LogP contribution in [0.15, 0.2) is 35.7 Å². The quantitative estimate of drug-likeness (QED) is 0.884. The Labute approximate surface area is 139 Å². The zero-order chi connectivity index (χ0) is 16.2. The molecule has 23 heavy (non-hydrogen) atoms. The van der Waals surface area contributed by atoms with Gasteiger partial charge in [0.1, 0.15) is 11.5 Å². The maximum Gasteiger partial charge on any atom is 0.244 e. The molecule has 5 nitrogen and oxygen atoms in total. The van der Waals surface area contributed by atoms with Gasteiger partial charge in [0.15, 0.2) is 0 Å². The molecule has 2 aromatic rings. The van der Waals surface area contributed by atoms with E-state index in [2.05, 4.69) is 11.4 Å². The fourth-order valence-corrected chi connectivity index (χ4v) is 3.37. The first-order valence-corrected chi connectivity index (χ1v) is 8.39. The summed E-state index contributed by atoms with van der Waals surface area (Å²) >= 11 is 1.69. The second kappa shape index (κ2) is 7.02. The van der Waals surface area contributed by atoms with Gasteiger partial charge < -0.3 is 19.7 Å². The lowest BCUT2D eigenvalue weighted by Crippen LogP contribution is -2.37. The summed E-state index contributed by atoms with van der Waals surface area (Å²) in [5.41, 5.74) is 0.812. The highest BCUT2D eigenvalue weighted by Crippen LogP contribution is 2.31. The molecule has 1 aromatic carbocycles. The molecule has 0 bridgehead atoms. The second-order valence-corrected chi connectivity index (χ2v) is 6.39. The van der Waals surface area contributed by atoms with Crippen LogP contribution in [0.4, 0.5) is 5.69 Å². The maximum atomic E-state index is 12.6. The van der Waals surface area contributed by atoms with Gasteiger partial charge in [0, 0.05) is 36.2 Å². The molecular formula is C17H20N2O3S. The van der Waals surface area contributed by atoms with Gasteiger partial charge in [-0.25, -0.2) is 0 Å². The van der Waals surface area contributed by atoms with E-state index in [1.807, 2.05) is 23.6 Å². The molecule has 0 saturated carbocycles. The predicted molar refractivity (Wildman–Crippen MR) is 91.5 cm³/mol. The van der Waals surface area contributed by atoms with Gasteiger partial charge in [0.05, 0.1) is 25.9 Å². The number of methoxy groups -OCH3 is 2. The molecule has 0 aliphatic carbocycles. The first-order valence-electron chi connectivity index (χ1n) is 7.51. The second-order valence-electron chi connectivity index (χ2n) is 5.36. The van der Waals surface area contributed by atoms with E-state index in [9.17, 15) is 4.79 Å². The van der Waals surface area contributed by atoms with Gasteiger partial charge in [-0.3, -0.25) is 4.79 Å². The van der Waals surface area contributed by atoms with Crippen LogP contribution in [0.5, 0.6) is 11.5 Å². The number of hydrogen-bond donors (Lipinski definition) is 1. The summed E-state index contributed by atoms with van der Waals surface area (Å²) in [6.07, 6.45) is 0.795. The molecule has 1 aliphatic rings. The number of anilines is 1. The number of ether oxygens (including phenoxy) is 2. The highest BCUT2D eigenvalue weighted by molar-refractivity contribution is 7.09. The van der Waals surface area contributed by atoms with Crippen LogP contribution in [0.25, 0.3) is 0 Å². The minimum absolute atomic E-state index is 0.0943. The summed E-state index contributed by atoms with van der Waals surface area (Å²) in [4.78, 5) is 15.7. The summed E-state index contributed by atoms with van der Waals surface area (Å²) in [5, 5.41) is 5.39. The van der Waals surface area contributed by atoms with Crippen molar-refractivity contribution in [2.24, 2.45) is 0 Å². The molecule has 3 rings (SSSR count). The van der Waals surface area contributed by atoms with Crippen LogP contribution in [-0.4, -0.2) is 32.7 Å². The standard InChI is InChI=1S/C17H20N2O3S/c1-21-13-8-12(9-14(10-13)22-2)19-6-5-16(17(19)20)18-11-15-4-3-7-23-15/h3-4,7-10,16,18H,5-6,11H2,1-2H3/t16-/m0/s1. The number of nitrogens with one attached hydrogen (secondary N) is 1. The monoisotopic (exact) mass is 332 g/mol. The number of amides is 1. The molecule has 122 valence electrons. The molecule has 2 heterocycles. The lowest BCUT2D eigenvalue weighted by atomic mass is 10.2. The van der Waals surface area contributed by atoms with E-state index in [1.54, 1.807) is 36.5 Å². The maximum absolute atomic E-state index is 12.6. The Kier molecular flexibility index (Phi) is 4.83. The highest BCUT2D eigenvalue weighted by Gasteiger charge is 2.32. The van der Waals surface area contributed by atoms with Crippen molar-refractivity contribution in [1.29, 1.82) is 0 Å². The van der Waals surface area contributed by atoms with Crippen molar-refractivity contribution in [3.63, 3.8) is 0 Å². The van der Waals surface area contributed by atoms with Crippen molar-refractivity contribution in [3.8, 4) is 11.5 Å². The lowest BCUT2D eigenvalue weighted by molar-refractivity contribution is -0.118. The van der Waals surface area contributed by atoms with E-state index < -0.39 is 0 Å². The fourth-order valence-electron chi connectivity index (χ4n) is 2.71. The summed E-state index contributed by atoms with van der Waals surface area (Å²) in [6, 6.07) is 9.48. The van der Waals surface area contributed by atoms with Gasteiger partial charge in [-0.05, 0) is 17.9 Å². The van der Waals surface area contributed by atoms with Gasteiger partial charge in [-0.1, -0.05) is 6.07 Å². The number of rotatable bonds is 6. The van der Waals surface area contributed by atoms with Crippen LogP contribution < -0.4 is 19.7 Å². The van der Waals surface area contributed by atoms with E-state index in [4.69, 9.17) is 9.47 Å². The molecule has 1 aromatic heterocycles. The Morgan fingerprint density at radius 1 is 1.26 bits per heavy atom. The van der Waals surface area contributed by atoms with Gasteiger partial charge in [-0.15, -0.1) is 11.3 Å². The van der Waals surface area contributed by atoms with E-state index in [0.717, 1.165) is 18.7 Å². The SMILES string of the molecule is COc1cc(OC)cc(N2CC[C@H](NCc3cccs3)C2=O)c1. The van der Waals surface area contributed by atoms with Crippen LogP contribution in [0.1, 0.15) is 11.3 Å². The number of nitrogens with zero attached hydrogens (tertiary/aromatic N) is 1. The van der Waals surface area contributed by atoms with Crippen LogP contribution >= 0.6 is 11.3 Å². The molecule has 1 N–H and O–H groups in total. The smallest absolute Gasteiger partial charge is 0.244 e. The van der Waals surface area contributed by atoms with E-state index in [0.29, 0.717) is 18.0 Å². The zero-order valence-corrected chi connectivity index (χ0v) is 14.1. The Balaban J connectivity index is 1.71. The summed E-state index contributed by atoms with van der Waals surface area (Å²) in [7, 11) is 3.21. The van der Waals surface area contributed by atoms with E-state index in [1.165, 1.54) is 4.88 Å². The van der Waals surface area contributed by atoms with Crippen LogP contribution in [0.3, 0.4) is 0 Å². The molecule has 1 saturated heterocycles. The third-order valence-electron chi connectivity index (χ3n) is 3.96. The normalized spacial score (nSPS) is 17.6. The van der Waals surface area contributed by atoms with Crippen molar-refractivity contribution in [3.05, 3.63) is 40.6 Å². The topological polar surface area (TPSA) is 50.8 Å². The number of hydrogen-bond acceptors (Lipinski definition) is 5. The summed E-state index contributed by atoms with van der Waals surface area (Å²) in [5.74, 6) is 1.46. The first-order chi connectivity index (χ1) is 11.2. The van der Waals surface area contributed by atoms with Gasteiger partial charge >= 0.3 is 0 Å². The average molecular weight is 332 g/mol. The Bertz CT molecular complexity index is 650. The van der Waals surface area contributed by atoms with Gasteiger partial charge in [0.25, 0.3) is 0 Å². The molecule has 1 aliphatic heterocycles. The van der Waals surface area contributed by atoms with Crippen molar-refractivity contribution < 1.29 is 14.3 Å². The Morgan fingerprint density at radius 2 is 2.00 bits per heavy atom. The highest BCUT2D eigenvalue weighted by atomic mass is 32.1. The zero-order valence-electron chi connectivity index (χ0n) is 13.2. The van der Waals surface area contributed by atoms with Gasteiger partial charge in [0.2, 0.25) is 5.91 Å². The number of thiophene rings is 1. The fraction of sp³-hybridized carbons (Fsp3) is 0.353. The molecule has 0 unspecified atom stereocenters. The van der Waals surface area contributed by atoms with Gasteiger partial charge in [-0.2, -0.15) is 0 Å². The molecule has 0 spiro atoms. The van der Waals surface area contributed by atoms with Crippen molar-refractivity contribution in [1.82, 2.24) is 5.32 Å². The molecule has 0 radical (unpaired) electrons. The van der Waals surface area contributed by atoms with E-state index in [-0.39, 0.29) is 11.9 Å². The van der Waals surface area contributed by atoms with Crippen molar-refractivity contribution in [2.45, 2.75) is 19.0 Å². The summed E-state index contributed by atoms with van der Waals surface area (Å²) in [6.45, 7) is 1.42. The number of benzene rings is 1. The average Bonchev–Trinajstić information content (AvgIpc) is 3.22. The largest absolute Gasteiger partial charge is 0.497 e. The minimum atomic E-state index is -0.144.